The Morgan fingerprint density at radius 3 is 2.44 bits per heavy atom. The summed E-state index contributed by atoms with van der Waals surface area (Å²) in [6, 6.07) is 8.00. The van der Waals surface area contributed by atoms with Gasteiger partial charge in [0.05, 0.1) is 7.11 Å². The summed E-state index contributed by atoms with van der Waals surface area (Å²) in [5, 5.41) is 0. The van der Waals surface area contributed by atoms with Gasteiger partial charge in [-0.1, -0.05) is 62.3 Å². The molecule has 1 aromatic carbocycles. The zero-order valence-electron chi connectivity index (χ0n) is 19.5. The maximum atomic E-state index is 12.3. The fourth-order valence-corrected chi connectivity index (χ4v) is 4.25. The summed E-state index contributed by atoms with van der Waals surface area (Å²) in [7, 11) is 1.40. The Balaban J connectivity index is 2.14. The summed E-state index contributed by atoms with van der Waals surface area (Å²) < 4.78 is 10.4. The number of methoxy groups -OCH3 is 1. The molecule has 5 heteroatoms. The number of fused-ring (bicyclic) bond motifs is 1. The first kappa shape index (κ1) is 25.6. The largest absolute Gasteiger partial charge is 0.469 e. The van der Waals surface area contributed by atoms with E-state index in [2.05, 4.69) is 29.9 Å². The Hall–Kier alpha value is -2.69. The second-order valence-electron chi connectivity index (χ2n) is 8.31. The zero-order valence-corrected chi connectivity index (χ0v) is 19.5. The van der Waals surface area contributed by atoms with Crippen molar-refractivity contribution in [2.24, 2.45) is 5.92 Å². The minimum absolute atomic E-state index is 0.00499. The van der Waals surface area contributed by atoms with E-state index in [-0.39, 0.29) is 35.7 Å². The van der Waals surface area contributed by atoms with E-state index in [4.69, 9.17) is 4.74 Å². The number of hydrogen-bond donors (Lipinski definition) is 0. The third-order valence-electron chi connectivity index (χ3n) is 5.88. The van der Waals surface area contributed by atoms with Gasteiger partial charge in [-0.25, -0.2) is 0 Å². The van der Waals surface area contributed by atoms with Crippen LogP contribution in [0.25, 0.3) is 0 Å². The Labute approximate surface area is 191 Å². The van der Waals surface area contributed by atoms with Crippen LogP contribution in [0.3, 0.4) is 0 Å². The van der Waals surface area contributed by atoms with E-state index in [1.165, 1.54) is 14.0 Å². The molecule has 0 aromatic heterocycles. The maximum Gasteiger partial charge on any atom is 0.305 e. The van der Waals surface area contributed by atoms with Gasteiger partial charge < -0.3 is 9.47 Å². The van der Waals surface area contributed by atoms with Crippen LogP contribution in [0.15, 0.2) is 48.6 Å². The van der Waals surface area contributed by atoms with E-state index in [1.54, 1.807) is 6.08 Å². The number of unbranched alkanes of at least 4 members (excludes halogenated alkanes) is 3. The van der Waals surface area contributed by atoms with Crippen LogP contribution in [0.5, 0.6) is 0 Å². The second kappa shape index (κ2) is 13.7. The van der Waals surface area contributed by atoms with Crippen molar-refractivity contribution < 1.29 is 23.9 Å². The quantitative estimate of drug-likeness (QED) is 0.163. The third-order valence-corrected chi connectivity index (χ3v) is 5.88. The minimum atomic E-state index is -0.340. The van der Waals surface area contributed by atoms with E-state index in [9.17, 15) is 14.4 Å². The average Bonchev–Trinajstić information content (AvgIpc) is 3.06. The lowest BCUT2D eigenvalue weighted by atomic mass is 9.87. The normalized spacial score (nSPS) is 19.9. The molecule has 1 aliphatic rings. The lowest BCUT2D eigenvalue weighted by molar-refractivity contribution is -0.149. The number of ether oxygens (including phenoxy) is 2. The molecular weight excluding hydrogens is 404 g/mol. The van der Waals surface area contributed by atoms with E-state index in [1.807, 2.05) is 24.3 Å². The molecule has 0 amide bonds. The van der Waals surface area contributed by atoms with Crippen molar-refractivity contribution in [3.63, 3.8) is 0 Å². The van der Waals surface area contributed by atoms with Crippen LogP contribution in [-0.2, 0) is 23.9 Å². The Morgan fingerprint density at radius 1 is 1.00 bits per heavy atom. The van der Waals surface area contributed by atoms with Crippen LogP contribution in [0.2, 0.25) is 0 Å². The molecule has 5 nitrogen and oxygen atoms in total. The van der Waals surface area contributed by atoms with E-state index >= 15 is 0 Å². The van der Waals surface area contributed by atoms with Crippen LogP contribution in [-0.4, -0.2) is 24.8 Å². The molecular formula is C27H36O5. The number of allylic oxidation sites excluding steroid dienone is 4. The highest BCUT2D eigenvalue weighted by molar-refractivity contribution is 5.89. The molecule has 32 heavy (non-hydrogen) atoms. The highest BCUT2D eigenvalue weighted by Crippen LogP contribution is 2.49. The number of hydrogen-bond acceptors (Lipinski definition) is 5. The van der Waals surface area contributed by atoms with E-state index in [0.29, 0.717) is 19.3 Å². The molecule has 1 aliphatic carbocycles. The Morgan fingerprint density at radius 2 is 1.75 bits per heavy atom. The Bertz CT molecular complexity index is 823. The van der Waals surface area contributed by atoms with Gasteiger partial charge in [0, 0.05) is 31.6 Å². The fourth-order valence-electron chi connectivity index (χ4n) is 4.25. The highest BCUT2D eigenvalue weighted by atomic mass is 16.5. The van der Waals surface area contributed by atoms with Gasteiger partial charge in [-0.3, -0.25) is 14.4 Å². The van der Waals surface area contributed by atoms with Gasteiger partial charge >= 0.3 is 11.9 Å². The van der Waals surface area contributed by atoms with Gasteiger partial charge in [-0.15, -0.1) is 0 Å². The molecule has 0 spiro atoms. The predicted molar refractivity (Wildman–Crippen MR) is 125 cm³/mol. The van der Waals surface area contributed by atoms with Crippen molar-refractivity contribution in [2.75, 3.05) is 7.11 Å². The van der Waals surface area contributed by atoms with Crippen LogP contribution in [0.1, 0.15) is 88.4 Å². The molecule has 0 radical (unpaired) electrons. The lowest BCUT2D eigenvalue weighted by Crippen LogP contribution is -2.16. The highest BCUT2D eigenvalue weighted by Gasteiger charge is 2.40. The molecule has 0 bridgehead atoms. The Kier molecular flexibility index (Phi) is 10.9. The molecule has 0 heterocycles. The molecule has 2 rings (SSSR count). The number of carbonyl (C=O) groups is 3. The summed E-state index contributed by atoms with van der Waals surface area (Å²) in [5.74, 6) is -0.340. The first-order valence-corrected chi connectivity index (χ1v) is 11.7. The maximum absolute atomic E-state index is 12.3. The smallest absolute Gasteiger partial charge is 0.305 e. The standard InChI is InChI=1S/C27H36O5/c1-4-5-8-13-21(29)18-19-23-22-14-11-12-16-24(22)27(32-20(2)28)25(23)15-9-6-7-10-17-26(30)31-3/h6,9,11-12,14,16,18-19,23,25,27H,4-5,7-8,10,13,15,17H2,1-3H3/b9-6-,19-18?/t23?,25-,27-/m1/s1. The number of carbonyl (C=O) groups excluding carboxylic acids is 3. The van der Waals surface area contributed by atoms with Gasteiger partial charge in [0.25, 0.3) is 0 Å². The SMILES string of the molecule is CCCCCC(=O)C=CC1c2ccccc2[C@@H](OC(C)=O)[C@@H]1C/C=C\CCCC(=O)OC. The van der Waals surface area contributed by atoms with E-state index in [0.717, 1.165) is 43.2 Å². The summed E-state index contributed by atoms with van der Waals surface area (Å²) in [5.41, 5.74) is 2.13. The lowest BCUT2D eigenvalue weighted by Gasteiger charge is -2.22. The number of ketones is 1. The van der Waals surface area contributed by atoms with Crippen molar-refractivity contribution in [3.8, 4) is 0 Å². The molecule has 0 saturated carbocycles. The van der Waals surface area contributed by atoms with Gasteiger partial charge in [-0.05, 0) is 42.9 Å². The molecule has 0 N–H and O–H groups in total. The van der Waals surface area contributed by atoms with Crippen molar-refractivity contribution in [1.82, 2.24) is 0 Å². The van der Waals surface area contributed by atoms with Gasteiger partial charge in [0.2, 0.25) is 0 Å². The molecule has 1 aromatic rings. The van der Waals surface area contributed by atoms with Crippen molar-refractivity contribution in [2.45, 2.75) is 77.2 Å². The van der Waals surface area contributed by atoms with Crippen molar-refractivity contribution in [1.29, 1.82) is 0 Å². The molecule has 174 valence electrons. The summed E-state index contributed by atoms with van der Waals surface area (Å²) in [6.07, 6.45) is 13.8. The number of benzene rings is 1. The zero-order chi connectivity index (χ0) is 23.3. The van der Waals surface area contributed by atoms with Crippen LogP contribution >= 0.6 is 0 Å². The van der Waals surface area contributed by atoms with Gasteiger partial charge in [-0.2, -0.15) is 0 Å². The molecule has 0 saturated heterocycles. The van der Waals surface area contributed by atoms with Crippen LogP contribution in [0, 0.1) is 5.92 Å². The first-order valence-electron chi connectivity index (χ1n) is 11.7. The summed E-state index contributed by atoms with van der Waals surface area (Å²) in [4.78, 5) is 35.4. The molecule has 0 aliphatic heterocycles. The fraction of sp³-hybridized carbons (Fsp3) is 0.519. The van der Waals surface area contributed by atoms with Gasteiger partial charge in [0.15, 0.2) is 5.78 Å². The number of esters is 2. The van der Waals surface area contributed by atoms with Gasteiger partial charge in [0.1, 0.15) is 6.10 Å². The molecule has 3 atom stereocenters. The average molecular weight is 441 g/mol. The van der Waals surface area contributed by atoms with Crippen molar-refractivity contribution in [3.05, 3.63) is 59.7 Å². The molecule has 1 unspecified atom stereocenters. The van der Waals surface area contributed by atoms with Crippen LogP contribution < -0.4 is 0 Å². The predicted octanol–water partition coefficient (Wildman–Crippen LogP) is 6.00. The number of rotatable bonds is 13. The molecule has 0 fully saturated rings. The third kappa shape index (κ3) is 7.77. The topological polar surface area (TPSA) is 69.7 Å². The summed E-state index contributed by atoms with van der Waals surface area (Å²) >= 11 is 0. The summed E-state index contributed by atoms with van der Waals surface area (Å²) in [6.45, 7) is 3.56. The van der Waals surface area contributed by atoms with Crippen LogP contribution in [0.4, 0.5) is 0 Å². The first-order chi connectivity index (χ1) is 15.5. The second-order valence-corrected chi connectivity index (χ2v) is 8.31. The van der Waals surface area contributed by atoms with E-state index < -0.39 is 0 Å². The van der Waals surface area contributed by atoms with Crippen molar-refractivity contribution >= 4 is 17.7 Å². The monoisotopic (exact) mass is 440 g/mol. The minimum Gasteiger partial charge on any atom is -0.469 e.